The molecule has 1 saturated heterocycles. The summed E-state index contributed by atoms with van der Waals surface area (Å²) in [4.78, 5) is 26.3. The molecule has 5 nitrogen and oxygen atoms in total. The number of hydrogen-bond donors (Lipinski definition) is 2. The molecule has 2 aromatic rings. The van der Waals surface area contributed by atoms with E-state index in [9.17, 15) is 19.8 Å². The highest BCUT2D eigenvalue weighted by Gasteiger charge is 2.35. The summed E-state index contributed by atoms with van der Waals surface area (Å²) in [5, 5.41) is 19.6. The average molecular weight is 499 g/mol. The maximum absolute atomic E-state index is 12.6. The van der Waals surface area contributed by atoms with Crippen LogP contribution in [0.3, 0.4) is 0 Å². The molecule has 1 fully saturated rings. The van der Waals surface area contributed by atoms with E-state index in [1.165, 1.54) is 17.0 Å². The minimum Gasteiger partial charge on any atom is -0.506 e. The van der Waals surface area contributed by atoms with E-state index < -0.39 is 5.91 Å². The van der Waals surface area contributed by atoms with Crippen LogP contribution in [0.5, 0.6) is 11.5 Å². The summed E-state index contributed by atoms with van der Waals surface area (Å²) < 4.78 is 0.463. The first kappa shape index (κ1) is 19.0. The third-order valence-electron chi connectivity index (χ3n) is 3.95. The lowest BCUT2D eigenvalue weighted by Gasteiger charge is -2.14. The van der Waals surface area contributed by atoms with Crippen LogP contribution in [0.4, 0.5) is 4.79 Å². The van der Waals surface area contributed by atoms with E-state index in [2.05, 4.69) is 31.9 Å². The SMILES string of the molecule is Cc1ccccc1CN1C(=O)S/C(=C\c2cc(Br)c(O)c(Br)c2O)C1=O. The van der Waals surface area contributed by atoms with Gasteiger partial charge in [0.25, 0.3) is 11.1 Å². The molecule has 3 rings (SSSR count). The van der Waals surface area contributed by atoms with Crippen LogP contribution in [0.15, 0.2) is 44.2 Å². The Balaban J connectivity index is 1.92. The first-order chi connectivity index (χ1) is 12.3. The molecule has 0 unspecified atom stereocenters. The number of hydrogen-bond acceptors (Lipinski definition) is 5. The number of thioether (sulfide) groups is 1. The van der Waals surface area contributed by atoms with Crippen molar-refractivity contribution < 1.29 is 19.8 Å². The topological polar surface area (TPSA) is 77.8 Å². The first-order valence-electron chi connectivity index (χ1n) is 7.49. The second-order valence-corrected chi connectivity index (χ2v) is 8.29. The van der Waals surface area contributed by atoms with Crippen LogP contribution in [0.25, 0.3) is 6.08 Å². The van der Waals surface area contributed by atoms with Gasteiger partial charge in [-0.3, -0.25) is 14.5 Å². The Bertz CT molecular complexity index is 958. The van der Waals surface area contributed by atoms with Gasteiger partial charge in [0, 0.05) is 5.56 Å². The van der Waals surface area contributed by atoms with Crippen LogP contribution in [-0.2, 0) is 11.3 Å². The zero-order valence-electron chi connectivity index (χ0n) is 13.5. The number of phenolic OH excluding ortho intramolecular Hbond substituents is 2. The molecule has 0 radical (unpaired) electrons. The Morgan fingerprint density at radius 1 is 1.15 bits per heavy atom. The number of carbonyl (C=O) groups is 2. The summed E-state index contributed by atoms with van der Waals surface area (Å²) in [6, 6.07) is 9.04. The molecule has 1 aliphatic heterocycles. The molecule has 2 amide bonds. The number of amides is 2. The molecule has 2 N–H and O–H groups in total. The molecule has 134 valence electrons. The second-order valence-electron chi connectivity index (χ2n) is 5.65. The number of carbonyl (C=O) groups excluding carboxylic acids is 2. The second kappa shape index (κ2) is 7.46. The van der Waals surface area contributed by atoms with E-state index in [1.54, 1.807) is 0 Å². The van der Waals surface area contributed by atoms with Crippen molar-refractivity contribution in [3.05, 3.63) is 60.9 Å². The fourth-order valence-electron chi connectivity index (χ4n) is 2.46. The Hall–Kier alpha value is -1.77. The molecule has 8 heteroatoms. The third kappa shape index (κ3) is 3.54. The highest BCUT2D eigenvalue weighted by molar-refractivity contribution is 9.11. The molecule has 0 saturated carbocycles. The van der Waals surface area contributed by atoms with Crippen LogP contribution in [0.1, 0.15) is 16.7 Å². The number of imide groups is 1. The van der Waals surface area contributed by atoms with E-state index in [-0.39, 0.29) is 32.7 Å². The van der Waals surface area contributed by atoms with Crippen LogP contribution in [0, 0.1) is 6.92 Å². The Morgan fingerprint density at radius 2 is 1.85 bits per heavy atom. The van der Waals surface area contributed by atoms with Crippen LogP contribution >= 0.6 is 43.6 Å². The van der Waals surface area contributed by atoms with Gasteiger partial charge in [0.2, 0.25) is 0 Å². The summed E-state index contributed by atoms with van der Waals surface area (Å²) in [6.45, 7) is 2.12. The lowest BCUT2D eigenvalue weighted by Crippen LogP contribution is -2.27. The third-order valence-corrected chi connectivity index (χ3v) is 6.21. The Kier molecular flexibility index (Phi) is 5.45. The number of benzene rings is 2. The van der Waals surface area contributed by atoms with Crippen molar-refractivity contribution in [2.75, 3.05) is 0 Å². The van der Waals surface area contributed by atoms with Crippen molar-refractivity contribution in [2.45, 2.75) is 13.5 Å². The van der Waals surface area contributed by atoms with Crippen LogP contribution in [0.2, 0.25) is 0 Å². The van der Waals surface area contributed by atoms with E-state index >= 15 is 0 Å². The summed E-state index contributed by atoms with van der Waals surface area (Å²) in [6.07, 6.45) is 1.44. The van der Waals surface area contributed by atoms with Crippen LogP contribution in [-0.4, -0.2) is 26.3 Å². The van der Waals surface area contributed by atoms with Gasteiger partial charge in [-0.15, -0.1) is 0 Å². The quantitative estimate of drug-likeness (QED) is 0.571. The number of nitrogens with zero attached hydrogens (tertiary/aromatic N) is 1. The molecule has 0 aromatic heterocycles. The molecule has 0 atom stereocenters. The van der Waals surface area contributed by atoms with Crippen molar-refractivity contribution in [1.82, 2.24) is 4.90 Å². The van der Waals surface area contributed by atoms with Gasteiger partial charge in [0.05, 0.1) is 15.9 Å². The molecule has 0 aliphatic carbocycles. The van der Waals surface area contributed by atoms with E-state index in [1.807, 2.05) is 31.2 Å². The first-order valence-corrected chi connectivity index (χ1v) is 9.89. The smallest absolute Gasteiger partial charge is 0.293 e. The number of aryl methyl sites for hydroxylation is 1. The zero-order chi connectivity index (χ0) is 19.0. The molecular weight excluding hydrogens is 486 g/mol. The number of phenols is 2. The Labute approximate surface area is 171 Å². The van der Waals surface area contributed by atoms with Gasteiger partial charge >= 0.3 is 0 Å². The fraction of sp³-hybridized carbons (Fsp3) is 0.111. The van der Waals surface area contributed by atoms with Gasteiger partial charge in [0.1, 0.15) is 16.0 Å². The predicted octanol–water partition coefficient (Wildman–Crippen LogP) is 5.17. The average Bonchev–Trinajstić information content (AvgIpc) is 2.87. The number of halogens is 2. The molecule has 0 spiro atoms. The molecule has 2 aromatic carbocycles. The van der Waals surface area contributed by atoms with Crippen molar-refractivity contribution in [3.63, 3.8) is 0 Å². The maximum Gasteiger partial charge on any atom is 0.293 e. The van der Waals surface area contributed by atoms with Crippen molar-refractivity contribution in [3.8, 4) is 11.5 Å². The normalized spacial score (nSPS) is 16.0. The fourth-order valence-corrected chi connectivity index (χ4v) is 4.44. The highest BCUT2D eigenvalue weighted by atomic mass is 79.9. The summed E-state index contributed by atoms with van der Waals surface area (Å²) in [7, 11) is 0. The zero-order valence-corrected chi connectivity index (χ0v) is 17.5. The largest absolute Gasteiger partial charge is 0.506 e. The minimum absolute atomic E-state index is 0.109. The lowest BCUT2D eigenvalue weighted by atomic mass is 10.1. The molecule has 0 bridgehead atoms. The predicted molar refractivity (Wildman–Crippen MR) is 108 cm³/mol. The summed E-state index contributed by atoms with van der Waals surface area (Å²) in [5.74, 6) is -0.772. The summed E-state index contributed by atoms with van der Waals surface area (Å²) in [5.41, 5.74) is 2.21. The van der Waals surface area contributed by atoms with Crippen molar-refractivity contribution in [1.29, 1.82) is 0 Å². The van der Waals surface area contributed by atoms with Gasteiger partial charge < -0.3 is 10.2 Å². The van der Waals surface area contributed by atoms with Gasteiger partial charge in [0.15, 0.2) is 0 Å². The molecule has 1 heterocycles. The van der Waals surface area contributed by atoms with E-state index in [0.717, 1.165) is 22.9 Å². The standard InChI is InChI=1S/C18H13Br2NO4S/c1-9-4-2-3-5-10(9)8-21-17(24)13(26-18(21)25)7-11-6-12(19)16(23)14(20)15(11)22/h2-7,22-23H,8H2,1H3/b13-7-. The van der Waals surface area contributed by atoms with Crippen molar-refractivity contribution in [2.24, 2.45) is 0 Å². The van der Waals surface area contributed by atoms with Gasteiger partial charge in [-0.25, -0.2) is 0 Å². The maximum atomic E-state index is 12.6. The highest BCUT2D eigenvalue weighted by Crippen LogP contribution is 2.43. The molecule has 1 aliphatic rings. The lowest BCUT2D eigenvalue weighted by molar-refractivity contribution is -0.123. The Morgan fingerprint density at radius 3 is 2.54 bits per heavy atom. The van der Waals surface area contributed by atoms with Gasteiger partial charge in [-0.2, -0.15) is 0 Å². The monoisotopic (exact) mass is 497 g/mol. The molecular formula is C18H13Br2NO4S. The number of rotatable bonds is 3. The van der Waals surface area contributed by atoms with Crippen molar-refractivity contribution >= 4 is 60.8 Å². The van der Waals surface area contributed by atoms with Gasteiger partial charge in [-0.05, 0) is 73.8 Å². The minimum atomic E-state index is -0.414. The van der Waals surface area contributed by atoms with Gasteiger partial charge in [-0.1, -0.05) is 24.3 Å². The van der Waals surface area contributed by atoms with Crippen LogP contribution < -0.4 is 0 Å². The number of aromatic hydroxyl groups is 2. The van der Waals surface area contributed by atoms with E-state index in [4.69, 9.17) is 0 Å². The molecule has 26 heavy (non-hydrogen) atoms. The van der Waals surface area contributed by atoms with E-state index in [0.29, 0.717) is 10.0 Å². The summed E-state index contributed by atoms with van der Waals surface area (Å²) >= 11 is 7.10.